The lowest BCUT2D eigenvalue weighted by atomic mass is 10.1. The second-order valence-corrected chi connectivity index (χ2v) is 8.83. The molecular weight excluding hydrogens is 507 g/mol. The van der Waals surface area contributed by atoms with Gasteiger partial charge in [0.2, 0.25) is 5.91 Å². The van der Waals surface area contributed by atoms with Crippen LogP contribution >= 0.6 is 24.0 Å². The number of rotatable bonds is 7. The molecule has 0 bridgehead atoms. The average Bonchev–Trinajstić information content (AvgIpc) is 3.55. The van der Waals surface area contributed by atoms with Crippen molar-refractivity contribution < 1.29 is 13.9 Å². The molecule has 1 aromatic rings. The topological polar surface area (TPSA) is 79.1 Å². The summed E-state index contributed by atoms with van der Waals surface area (Å²) in [6.07, 6.45) is 11.7. The number of halogens is 1. The van der Waals surface area contributed by atoms with E-state index in [-0.39, 0.29) is 42.0 Å². The molecule has 174 valence electrons. The second kappa shape index (κ2) is 12.7. The lowest BCUT2D eigenvalue weighted by Gasteiger charge is -2.23. The van der Waals surface area contributed by atoms with E-state index in [0.717, 1.165) is 76.5 Å². The minimum absolute atomic E-state index is 0. The zero-order valence-electron chi connectivity index (χ0n) is 18.4. The van der Waals surface area contributed by atoms with Gasteiger partial charge in [-0.3, -0.25) is 9.79 Å². The van der Waals surface area contributed by atoms with Gasteiger partial charge in [-0.05, 0) is 50.7 Å². The zero-order valence-corrected chi connectivity index (χ0v) is 20.7. The summed E-state index contributed by atoms with van der Waals surface area (Å²) in [5.74, 6) is 2.39. The minimum atomic E-state index is 0. The molecule has 2 aliphatic heterocycles. The highest BCUT2D eigenvalue weighted by molar-refractivity contribution is 14.0. The van der Waals surface area contributed by atoms with Gasteiger partial charge in [-0.2, -0.15) is 0 Å². The van der Waals surface area contributed by atoms with Crippen LogP contribution in [0.15, 0.2) is 27.8 Å². The zero-order chi connectivity index (χ0) is 20.6. The fourth-order valence-corrected chi connectivity index (χ4v) is 4.76. The van der Waals surface area contributed by atoms with Gasteiger partial charge in [0.15, 0.2) is 5.96 Å². The highest BCUT2D eigenvalue weighted by Gasteiger charge is 2.32. The van der Waals surface area contributed by atoms with Crippen molar-refractivity contribution >= 4 is 35.8 Å². The van der Waals surface area contributed by atoms with Crippen LogP contribution in [0.3, 0.4) is 0 Å². The van der Waals surface area contributed by atoms with E-state index in [1.807, 2.05) is 12.1 Å². The van der Waals surface area contributed by atoms with Gasteiger partial charge in [0.05, 0.1) is 18.9 Å². The van der Waals surface area contributed by atoms with Crippen molar-refractivity contribution in [1.29, 1.82) is 0 Å². The van der Waals surface area contributed by atoms with E-state index < -0.39 is 0 Å². The Labute approximate surface area is 202 Å². The van der Waals surface area contributed by atoms with E-state index in [9.17, 15) is 4.79 Å². The first-order valence-corrected chi connectivity index (χ1v) is 11.8. The van der Waals surface area contributed by atoms with Crippen LogP contribution in [0.2, 0.25) is 0 Å². The molecule has 3 heterocycles. The third-order valence-corrected chi connectivity index (χ3v) is 6.52. The Balaban J connectivity index is 0.00000272. The molecule has 2 saturated heterocycles. The monoisotopic (exact) mass is 544 g/mol. The molecule has 1 aliphatic carbocycles. The molecule has 3 aliphatic rings. The molecule has 2 N–H and O–H groups in total. The molecule has 1 amide bonds. The van der Waals surface area contributed by atoms with Crippen molar-refractivity contribution in [1.82, 2.24) is 15.5 Å². The van der Waals surface area contributed by atoms with Crippen molar-refractivity contribution in [2.45, 2.75) is 69.9 Å². The lowest BCUT2D eigenvalue weighted by Crippen LogP contribution is -2.46. The number of carbonyl (C=O) groups excluding carboxylic acids is 1. The van der Waals surface area contributed by atoms with E-state index in [4.69, 9.17) is 14.1 Å². The summed E-state index contributed by atoms with van der Waals surface area (Å²) >= 11 is 0. The predicted molar refractivity (Wildman–Crippen MR) is 132 cm³/mol. The van der Waals surface area contributed by atoms with Crippen LogP contribution in [-0.2, 0) is 16.0 Å². The van der Waals surface area contributed by atoms with Gasteiger partial charge in [-0.15, -0.1) is 24.0 Å². The summed E-state index contributed by atoms with van der Waals surface area (Å²) in [4.78, 5) is 19.6. The van der Waals surface area contributed by atoms with E-state index in [1.165, 1.54) is 19.3 Å². The molecule has 31 heavy (non-hydrogen) atoms. The number of amides is 1. The summed E-state index contributed by atoms with van der Waals surface area (Å²) in [6, 6.07) is 4.15. The molecule has 1 saturated carbocycles. The highest BCUT2D eigenvalue weighted by atomic mass is 127. The summed E-state index contributed by atoms with van der Waals surface area (Å²) in [5.41, 5.74) is 0. The summed E-state index contributed by atoms with van der Waals surface area (Å²) in [6.45, 7) is 3.89. The van der Waals surface area contributed by atoms with Crippen LogP contribution in [-0.4, -0.2) is 61.7 Å². The third kappa shape index (κ3) is 7.37. The first-order valence-electron chi connectivity index (χ1n) is 11.8. The Morgan fingerprint density at radius 1 is 1.16 bits per heavy atom. The van der Waals surface area contributed by atoms with Crippen molar-refractivity contribution in [3.8, 4) is 0 Å². The molecule has 0 spiro atoms. The first-order chi connectivity index (χ1) is 14.8. The fourth-order valence-electron chi connectivity index (χ4n) is 4.76. The number of likely N-dealkylation sites (tertiary alicyclic amines) is 1. The van der Waals surface area contributed by atoms with E-state index in [1.54, 1.807) is 6.26 Å². The number of furan rings is 1. The maximum atomic E-state index is 12.7. The SMILES string of the molecule is I.O=C(C1CCCC1)N1CCC(NC(=NCC2CCCCO2)NCCc2ccco2)C1. The number of carbonyl (C=O) groups is 1. The second-order valence-electron chi connectivity index (χ2n) is 8.83. The number of aliphatic imine (C=N–C) groups is 1. The van der Waals surface area contributed by atoms with E-state index in [0.29, 0.717) is 12.5 Å². The Morgan fingerprint density at radius 3 is 2.74 bits per heavy atom. The molecule has 1 aromatic heterocycles. The van der Waals surface area contributed by atoms with Gasteiger partial charge < -0.3 is 24.7 Å². The first kappa shape index (κ1) is 24.4. The maximum absolute atomic E-state index is 12.7. The number of hydrogen-bond donors (Lipinski definition) is 2. The number of nitrogens with zero attached hydrogens (tertiary/aromatic N) is 2. The minimum Gasteiger partial charge on any atom is -0.469 e. The Kier molecular flexibility index (Phi) is 9.95. The van der Waals surface area contributed by atoms with Crippen LogP contribution in [0, 0.1) is 5.92 Å². The standard InChI is InChI=1S/C23H36N4O3.HI/c28-22(18-6-1-2-7-18)27-13-11-19(17-27)26-23(24-12-10-20-9-5-15-29-20)25-16-21-8-3-4-14-30-21;/h5,9,15,18-19,21H,1-4,6-8,10-14,16-17H2,(H2,24,25,26);1H. The number of ether oxygens (including phenoxy) is 1. The van der Waals surface area contributed by atoms with Crippen molar-refractivity contribution in [3.63, 3.8) is 0 Å². The van der Waals surface area contributed by atoms with Gasteiger partial charge >= 0.3 is 0 Å². The van der Waals surface area contributed by atoms with Gasteiger partial charge in [-0.25, -0.2) is 0 Å². The number of guanidine groups is 1. The molecule has 8 heteroatoms. The molecule has 2 unspecified atom stereocenters. The Morgan fingerprint density at radius 2 is 2.00 bits per heavy atom. The van der Waals surface area contributed by atoms with Crippen LogP contribution < -0.4 is 10.6 Å². The van der Waals surface area contributed by atoms with Crippen LogP contribution in [0.1, 0.15) is 57.1 Å². The molecule has 7 nitrogen and oxygen atoms in total. The summed E-state index contributed by atoms with van der Waals surface area (Å²) < 4.78 is 11.3. The maximum Gasteiger partial charge on any atom is 0.225 e. The molecule has 2 atom stereocenters. The molecule has 3 fully saturated rings. The van der Waals surface area contributed by atoms with Crippen molar-refractivity contribution in [2.75, 3.05) is 32.8 Å². The number of nitrogens with one attached hydrogen (secondary N) is 2. The average molecular weight is 544 g/mol. The fraction of sp³-hybridized carbons (Fsp3) is 0.739. The van der Waals surface area contributed by atoms with Crippen LogP contribution in [0.4, 0.5) is 0 Å². The normalized spacial score (nSPS) is 24.8. The predicted octanol–water partition coefficient (Wildman–Crippen LogP) is 3.34. The van der Waals surface area contributed by atoms with Gasteiger partial charge in [0.1, 0.15) is 5.76 Å². The van der Waals surface area contributed by atoms with E-state index in [2.05, 4.69) is 15.5 Å². The van der Waals surface area contributed by atoms with E-state index >= 15 is 0 Å². The molecule has 0 radical (unpaired) electrons. The lowest BCUT2D eigenvalue weighted by molar-refractivity contribution is -0.134. The summed E-state index contributed by atoms with van der Waals surface area (Å²) in [5, 5.41) is 7.01. The summed E-state index contributed by atoms with van der Waals surface area (Å²) in [7, 11) is 0. The van der Waals surface area contributed by atoms with Gasteiger partial charge in [0.25, 0.3) is 0 Å². The van der Waals surface area contributed by atoms with Crippen molar-refractivity contribution in [2.24, 2.45) is 10.9 Å². The van der Waals surface area contributed by atoms with Gasteiger partial charge in [0, 0.05) is 44.6 Å². The van der Waals surface area contributed by atoms with Crippen molar-refractivity contribution in [3.05, 3.63) is 24.2 Å². The third-order valence-electron chi connectivity index (χ3n) is 6.52. The Bertz CT molecular complexity index is 685. The number of hydrogen-bond acceptors (Lipinski definition) is 4. The smallest absolute Gasteiger partial charge is 0.225 e. The molecular formula is C23H37IN4O3. The molecule has 4 rings (SSSR count). The van der Waals surface area contributed by atoms with Gasteiger partial charge in [-0.1, -0.05) is 12.8 Å². The van der Waals surface area contributed by atoms with Crippen LogP contribution in [0.25, 0.3) is 0 Å². The molecule has 0 aromatic carbocycles. The van der Waals surface area contributed by atoms with Crippen LogP contribution in [0.5, 0.6) is 0 Å². The highest BCUT2D eigenvalue weighted by Crippen LogP contribution is 2.27. The largest absolute Gasteiger partial charge is 0.469 e. The quantitative estimate of drug-likeness (QED) is 0.313. The Hall–Kier alpha value is -1.29.